The molecule has 5 rings (SSSR count). The Morgan fingerprint density at radius 2 is 1.73 bits per heavy atom. The maximum Gasteiger partial charge on any atom is 0.416 e. The number of rotatable bonds is 10. The summed E-state index contributed by atoms with van der Waals surface area (Å²) in [6.45, 7) is -0.0451. The summed E-state index contributed by atoms with van der Waals surface area (Å²) >= 11 is 1.49. The minimum Gasteiger partial charge on any atom is -0.497 e. The van der Waals surface area contributed by atoms with E-state index in [9.17, 15) is 21.6 Å². The maximum absolute atomic E-state index is 13.9. The Balaban J connectivity index is 1.59. The standard InChI is InChI=1S/C30H26F3N3O3S2/c1-39-26-12-5-8-22(18-26)29-23(21-36(34-29)25-10-3-2-4-11-25)20-35(16-15-27-13-7-17-40-27)41(37,38)28-14-6-9-24(19-28)30(31,32)33/h2-14,17-19,21H,15-16,20H2,1H3. The largest absolute Gasteiger partial charge is 0.497 e. The number of para-hydroxylation sites is 1. The molecule has 3 aromatic carbocycles. The molecule has 11 heteroatoms. The molecule has 0 unspecified atom stereocenters. The van der Waals surface area contributed by atoms with E-state index in [4.69, 9.17) is 9.84 Å². The smallest absolute Gasteiger partial charge is 0.416 e. The van der Waals surface area contributed by atoms with Gasteiger partial charge in [-0.15, -0.1) is 11.3 Å². The zero-order chi connectivity index (χ0) is 29.0. The van der Waals surface area contributed by atoms with E-state index in [1.807, 2.05) is 60.0 Å². The Kier molecular flexibility index (Phi) is 8.30. The van der Waals surface area contributed by atoms with Gasteiger partial charge in [0, 0.05) is 35.3 Å². The van der Waals surface area contributed by atoms with Gasteiger partial charge in [-0.2, -0.15) is 22.6 Å². The van der Waals surface area contributed by atoms with Gasteiger partial charge in [0.25, 0.3) is 0 Å². The van der Waals surface area contributed by atoms with Crippen LogP contribution in [0.2, 0.25) is 0 Å². The molecule has 0 atom stereocenters. The van der Waals surface area contributed by atoms with E-state index in [2.05, 4.69) is 0 Å². The summed E-state index contributed by atoms with van der Waals surface area (Å²) in [5, 5.41) is 6.68. The number of hydrogen-bond donors (Lipinski definition) is 0. The first-order chi connectivity index (χ1) is 19.6. The molecule has 2 heterocycles. The zero-order valence-corrected chi connectivity index (χ0v) is 23.6. The van der Waals surface area contributed by atoms with Crippen molar-refractivity contribution in [1.29, 1.82) is 0 Å². The second kappa shape index (κ2) is 11.9. The number of sulfonamides is 1. The van der Waals surface area contributed by atoms with Crippen LogP contribution in [0.1, 0.15) is 16.0 Å². The number of nitrogens with zero attached hydrogens (tertiary/aromatic N) is 3. The predicted molar refractivity (Wildman–Crippen MR) is 153 cm³/mol. The summed E-state index contributed by atoms with van der Waals surface area (Å²) in [4.78, 5) is 0.541. The van der Waals surface area contributed by atoms with Crippen LogP contribution >= 0.6 is 11.3 Å². The van der Waals surface area contributed by atoms with Gasteiger partial charge in [-0.3, -0.25) is 0 Å². The predicted octanol–water partition coefficient (Wildman–Crippen LogP) is 7.06. The van der Waals surface area contributed by atoms with Gasteiger partial charge in [-0.1, -0.05) is 42.5 Å². The van der Waals surface area contributed by atoms with Crippen molar-refractivity contribution in [2.75, 3.05) is 13.7 Å². The number of hydrogen-bond acceptors (Lipinski definition) is 5. The summed E-state index contributed by atoms with van der Waals surface area (Å²) in [6, 6.07) is 24.2. The van der Waals surface area contributed by atoms with Crippen LogP contribution in [0.3, 0.4) is 0 Å². The van der Waals surface area contributed by atoms with Crippen molar-refractivity contribution in [3.05, 3.63) is 119 Å². The van der Waals surface area contributed by atoms with E-state index < -0.39 is 26.7 Å². The number of benzene rings is 3. The van der Waals surface area contributed by atoms with E-state index in [-0.39, 0.29) is 13.1 Å². The number of thiophene rings is 1. The average molecular weight is 598 g/mol. The fourth-order valence-corrected chi connectivity index (χ4v) is 6.56. The molecule has 6 nitrogen and oxygen atoms in total. The highest BCUT2D eigenvalue weighted by atomic mass is 32.2. The summed E-state index contributed by atoms with van der Waals surface area (Å²) in [6.07, 6.45) is -2.52. The zero-order valence-electron chi connectivity index (χ0n) is 22.0. The number of alkyl halides is 3. The molecule has 0 saturated carbocycles. The average Bonchev–Trinajstić information content (AvgIpc) is 3.66. The number of halogens is 3. The van der Waals surface area contributed by atoms with E-state index >= 15 is 0 Å². The summed E-state index contributed by atoms with van der Waals surface area (Å²) in [5.74, 6) is 0.605. The summed E-state index contributed by atoms with van der Waals surface area (Å²) in [5.41, 5.74) is 1.58. The van der Waals surface area contributed by atoms with Crippen molar-refractivity contribution in [3.8, 4) is 22.7 Å². The fourth-order valence-electron chi connectivity index (χ4n) is 4.40. The molecule has 41 heavy (non-hydrogen) atoms. The van der Waals surface area contributed by atoms with Gasteiger partial charge in [-0.05, 0) is 60.3 Å². The third-order valence-corrected chi connectivity index (χ3v) is 9.26. The SMILES string of the molecule is COc1cccc(-c2nn(-c3ccccc3)cc2CN(CCc2cccs2)S(=O)(=O)c2cccc(C(F)(F)F)c2)c1. The molecule has 0 aliphatic heterocycles. The molecule has 0 fully saturated rings. The van der Waals surface area contributed by atoms with Crippen molar-refractivity contribution < 1.29 is 26.3 Å². The Bertz CT molecular complexity index is 1720. The quantitative estimate of drug-likeness (QED) is 0.173. The Labute approximate surface area is 240 Å². The molecule has 0 bridgehead atoms. The molecule has 0 N–H and O–H groups in total. The van der Waals surface area contributed by atoms with Crippen molar-refractivity contribution in [1.82, 2.24) is 14.1 Å². The maximum atomic E-state index is 13.9. The minimum absolute atomic E-state index is 0.0627. The number of ether oxygens (including phenoxy) is 1. The topological polar surface area (TPSA) is 64.4 Å². The highest BCUT2D eigenvalue weighted by Gasteiger charge is 2.33. The molecule has 212 valence electrons. The lowest BCUT2D eigenvalue weighted by Gasteiger charge is -2.23. The van der Waals surface area contributed by atoms with Crippen LogP contribution in [0.5, 0.6) is 5.75 Å². The van der Waals surface area contributed by atoms with Gasteiger partial charge < -0.3 is 4.74 Å². The first-order valence-electron chi connectivity index (χ1n) is 12.6. The second-order valence-corrected chi connectivity index (χ2v) is 12.2. The molecule has 0 spiro atoms. The van der Waals surface area contributed by atoms with E-state index in [1.165, 1.54) is 21.7 Å². The molecule has 0 aliphatic carbocycles. The summed E-state index contributed by atoms with van der Waals surface area (Å²) < 4.78 is 76.5. The highest BCUT2D eigenvalue weighted by Crippen LogP contribution is 2.33. The third-order valence-electron chi connectivity index (χ3n) is 6.49. The summed E-state index contributed by atoms with van der Waals surface area (Å²) in [7, 11) is -2.77. The van der Waals surface area contributed by atoms with Crippen molar-refractivity contribution >= 4 is 21.4 Å². The third kappa shape index (κ3) is 6.53. The van der Waals surface area contributed by atoms with Crippen molar-refractivity contribution in [2.45, 2.75) is 24.0 Å². The van der Waals surface area contributed by atoms with Crippen LogP contribution in [0.25, 0.3) is 16.9 Å². The van der Waals surface area contributed by atoms with Crippen LogP contribution < -0.4 is 4.74 Å². The lowest BCUT2D eigenvalue weighted by Crippen LogP contribution is -2.32. The molecule has 2 aromatic heterocycles. The Morgan fingerprint density at radius 1 is 0.951 bits per heavy atom. The molecule has 0 amide bonds. The highest BCUT2D eigenvalue weighted by molar-refractivity contribution is 7.89. The lowest BCUT2D eigenvalue weighted by atomic mass is 10.1. The monoisotopic (exact) mass is 597 g/mol. The van der Waals surface area contributed by atoms with Crippen LogP contribution in [-0.2, 0) is 29.2 Å². The van der Waals surface area contributed by atoms with Crippen LogP contribution in [0.4, 0.5) is 13.2 Å². The molecular weight excluding hydrogens is 571 g/mol. The van der Waals surface area contributed by atoms with Crippen molar-refractivity contribution in [3.63, 3.8) is 0 Å². The molecule has 5 aromatic rings. The second-order valence-electron chi connectivity index (χ2n) is 9.21. The van der Waals surface area contributed by atoms with Crippen LogP contribution in [-0.4, -0.2) is 36.2 Å². The van der Waals surface area contributed by atoms with Crippen LogP contribution in [0, 0.1) is 0 Å². The Hall–Kier alpha value is -3.93. The van der Waals surface area contributed by atoms with Crippen molar-refractivity contribution in [2.24, 2.45) is 0 Å². The lowest BCUT2D eigenvalue weighted by molar-refractivity contribution is -0.137. The molecule has 0 saturated heterocycles. The first kappa shape index (κ1) is 28.6. The van der Waals surface area contributed by atoms with E-state index in [0.29, 0.717) is 35.1 Å². The number of methoxy groups -OCH3 is 1. The fraction of sp³-hybridized carbons (Fsp3) is 0.167. The van der Waals surface area contributed by atoms with Gasteiger partial charge in [0.15, 0.2) is 0 Å². The van der Waals surface area contributed by atoms with Gasteiger partial charge in [0.05, 0.1) is 29.0 Å². The van der Waals surface area contributed by atoms with Gasteiger partial charge in [-0.25, -0.2) is 13.1 Å². The molecular formula is C30H26F3N3O3S2. The van der Waals surface area contributed by atoms with E-state index in [0.717, 1.165) is 22.7 Å². The minimum atomic E-state index is -4.68. The van der Waals surface area contributed by atoms with Gasteiger partial charge >= 0.3 is 6.18 Å². The van der Waals surface area contributed by atoms with Gasteiger partial charge in [0.2, 0.25) is 10.0 Å². The normalized spacial score (nSPS) is 12.1. The number of aromatic nitrogens is 2. The van der Waals surface area contributed by atoms with E-state index in [1.54, 1.807) is 30.1 Å². The van der Waals surface area contributed by atoms with Crippen LogP contribution in [0.15, 0.2) is 107 Å². The Morgan fingerprint density at radius 3 is 2.44 bits per heavy atom. The van der Waals surface area contributed by atoms with Gasteiger partial charge in [0.1, 0.15) is 5.75 Å². The molecule has 0 radical (unpaired) electrons. The first-order valence-corrected chi connectivity index (χ1v) is 15.0. The molecule has 0 aliphatic rings.